The van der Waals surface area contributed by atoms with Gasteiger partial charge in [0.15, 0.2) is 0 Å². The summed E-state index contributed by atoms with van der Waals surface area (Å²) in [6.07, 6.45) is 2.97. The van der Waals surface area contributed by atoms with Crippen molar-refractivity contribution in [3.8, 4) is 0 Å². The monoisotopic (exact) mass is 241 g/mol. The molecular formula is C12H19NO4. The predicted molar refractivity (Wildman–Crippen MR) is 61.1 cm³/mol. The molecule has 96 valence electrons. The Morgan fingerprint density at radius 2 is 2.12 bits per heavy atom. The third kappa shape index (κ3) is 1.86. The van der Waals surface area contributed by atoms with Crippen molar-refractivity contribution in [3.63, 3.8) is 0 Å². The zero-order valence-corrected chi connectivity index (χ0v) is 10.1. The summed E-state index contributed by atoms with van der Waals surface area (Å²) < 4.78 is 0. The highest BCUT2D eigenvalue weighted by Gasteiger charge is 2.59. The number of hydrogen-bond acceptors (Lipinski definition) is 4. The van der Waals surface area contributed by atoms with Gasteiger partial charge in [0.1, 0.15) is 0 Å². The summed E-state index contributed by atoms with van der Waals surface area (Å²) >= 11 is 0. The summed E-state index contributed by atoms with van der Waals surface area (Å²) in [6, 6.07) is 0. The number of nitrogens with zero attached hydrogens (tertiary/aromatic N) is 1. The number of rotatable bonds is 1. The van der Waals surface area contributed by atoms with Crippen LogP contribution < -0.4 is 0 Å². The highest BCUT2D eigenvalue weighted by Crippen LogP contribution is 2.42. The van der Waals surface area contributed by atoms with Crippen LogP contribution in [0.15, 0.2) is 0 Å². The Bertz CT molecular complexity index is 343. The maximum absolute atomic E-state index is 12.3. The van der Waals surface area contributed by atoms with E-state index < -0.39 is 22.5 Å². The van der Waals surface area contributed by atoms with Crippen LogP contribution in [0.3, 0.4) is 0 Å². The quantitative estimate of drug-likeness (QED) is 0.558. The Labute approximate surface area is 100 Å². The fraction of sp³-hybridized carbons (Fsp3) is 0.917. The summed E-state index contributed by atoms with van der Waals surface area (Å²) in [5.41, 5.74) is -1.41. The lowest BCUT2D eigenvalue weighted by Gasteiger charge is -2.40. The van der Waals surface area contributed by atoms with E-state index in [2.05, 4.69) is 0 Å². The largest absolute Gasteiger partial charge is 0.392 e. The molecule has 0 aromatic heterocycles. The maximum atomic E-state index is 12.3. The normalized spacial score (nSPS) is 42.7. The first-order valence-electron chi connectivity index (χ1n) is 6.36. The van der Waals surface area contributed by atoms with Crippen molar-refractivity contribution in [1.29, 1.82) is 0 Å². The van der Waals surface area contributed by atoms with Gasteiger partial charge in [-0.3, -0.25) is 14.9 Å². The molecule has 0 saturated heterocycles. The number of fused-ring (bicyclic) bond motifs is 2. The summed E-state index contributed by atoms with van der Waals surface area (Å²) in [4.78, 5) is 23.2. The van der Waals surface area contributed by atoms with Crippen LogP contribution in [0.1, 0.15) is 45.4 Å². The zero-order chi connectivity index (χ0) is 12.6. The van der Waals surface area contributed by atoms with Crippen molar-refractivity contribution in [2.24, 2.45) is 11.8 Å². The highest BCUT2D eigenvalue weighted by molar-refractivity contribution is 5.90. The van der Waals surface area contributed by atoms with Gasteiger partial charge in [-0.2, -0.15) is 0 Å². The average molecular weight is 241 g/mol. The molecule has 0 aliphatic heterocycles. The van der Waals surface area contributed by atoms with Crippen molar-refractivity contribution >= 4 is 5.78 Å². The average Bonchev–Trinajstić information content (AvgIpc) is 2.26. The molecular weight excluding hydrogens is 222 g/mol. The number of carbonyl (C=O) groups excluding carboxylic acids is 1. The second kappa shape index (κ2) is 4.37. The van der Waals surface area contributed by atoms with E-state index in [0.717, 1.165) is 19.3 Å². The lowest BCUT2D eigenvalue weighted by molar-refractivity contribution is -0.559. The van der Waals surface area contributed by atoms with Crippen LogP contribution in [0.4, 0.5) is 0 Å². The molecule has 2 rings (SSSR count). The lowest BCUT2D eigenvalue weighted by Crippen LogP contribution is -2.59. The Hall–Kier alpha value is -0.970. The van der Waals surface area contributed by atoms with Crippen LogP contribution in [0.25, 0.3) is 0 Å². The van der Waals surface area contributed by atoms with Gasteiger partial charge in [0.25, 0.3) is 5.54 Å². The van der Waals surface area contributed by atoms with E-state index in [1.807, 2.05) is 6.92 Å². The van der Waals surface area contributed by atoms with Gasteiger partial charge in [-0.1, -0.05) is 19.8 Å². The molecule has 2 aliphatic carbocycles. The minimum absolute atomic E-state index is 0.166. The van der Waals surface area contributed by atoms with E-state index in [1.165, 1.54) is 0 Å². The third-order valence-corrected chi connectivity index (χ3v) is 4.41. The molecule has 0 aromatic carbocycles. The summed E-state index contributed by atoms with van der Waals surface area (Å²) in [5.74, 6) is -1.02. The predicted octanol–water partition coefficient (Wildman–Crippen LogP) is 1.55. The van der Waals surface area contributed by atoms with Crippen LogP contribution in [-0.2, 0) is 4.79 Å². The van der Waals surface area contributed by atoms with Gasteiger partial charge < -0.3 is 5.11 Å². The number of carbonyl (C=O) groups is 1. The second-order valence-corrected chi connectivity index (χ2v) is 5.53. The first-order valence-corrected chi connectivity index (χ1v) is 6.36. The Morgan fingerprint density at radius 1 is 1.41 bits per heavy atom. The summed E-state index contributed by atoms with van der Waals surface area (Å²) in [5, 5.41) is 21.3. The number of Topliss-reactive ketones (excluding diaryl/α,β-unsaturated/α-hetero) is 1. The molecule has 4 atom stereocenters. The number of aliphatic hydroxyl groups is 1. The molecule has 5 heteroatoms. The van der Waals surface area contributed by atoms with Gasteiger partial charge in [0.2, 0.25) is 5.78 Å². The number of aliphatic hydroxyl groups excluding tert-OH is 1. The number of nitro groups is 1. The molecule has 0 heterocycles. The van der Waals surface area contributed by atoms with E-state index in [9.17, 15) is 20.0 Å². The van der Waals surface area contributed by atoms with Gasteiger partial charge in [0.05, 0.1) is 12.0 Å². The molecule has 2 aliphatic rings. The van der Waals surface area contributed by atoms with Gasteiger partial charge in [0, 0.05) is 17.8 Å². The summed E-state index contributed by atoms with van der Waals surface area (Å²) in [6.45, 7) is 1.81. The smallest absolute Gasteiger partial charge is 0.279 e. The second-order valence-electron chi connectivity index (χ2n) is 5.53. The van der Waals surface area contributed by atoms with Crippen LogP contribution in [0.5, 0.6) is 0 Å². The van der Waals surface area contributed by atoms with Crippen molar-refractivity contribution in [2.75, 3.05) is 0 Å². The molecule has 5 nitrogen and oxygen atoms in total. The van der Waals surface area contributed by atoms with Crippen molar-refractivity contribution < 1.29 is 14.8 Å². The van der Waals surface area contributed by atoms with Crippen molar-refractivity contribution in [3.05, 3.63) is 10.1 Å². The van der Waals surface area contributed by atoms with Crippen LogP contribution in [-0.4, -0.2) is 27.5 Å². The van der Waals surface area contributed by atoms with E-state index in [-0.39, 0.29) is 18.1 Å². The Morgan fingerprint density at radius 3 is 2.76 bits per heavy atom. The molecule has 0 amide bonds. The van der Waals surface area contributed by atoms with Crippen molar-refractivity contribution in [1.82, 2.24) is 0 Å². The molecule has 2 fully saturated rings. The molecule has 2 bridgehead atoms. The highest BCUT2D eigenvalue weighted by atomic mass is 16.6. The molecule has 0 unspecified atom stereocenters. The molecule has 0 spiro atoms. The Balaban J connectivity index is 2.39. The fourth-order valence-corrected chi connectivity index (χ4v) is 3.39. The third-order valence-electron chi connectivity index (χ3n) is 4.41. The standard InChI is InChI=1S/C12H19NO4/c1-8-7-12(13(16)17)6-4-2-3-5-9(10(8)14)11(12)15/h8-10,14H,2-7H2,1H3/t8-,9-,10+,12-/m0/s1. The fourth-order valence-electron chi connectivity index (χ4n) is 3.39. The van der Waals surface area contributed by atoms with Gasteiger partial charge in [-0.05, 0) is 18.8 Å². The topological polar surface area (TPSA) is 80.4 Å². The maximum Gasteiger partial charge on any atom is 0.279 e. The number of ketones is 1. The molecule has 0 aromatic rings. The Kier molecular flexibility index (Phi) is 3.21. The lowest BCUT2D eigenvalue weighted by atomic mass is 9.64. The van der Waals surface area contributed by atoms with E-state index >= 15 is 0 Å². The first-order chi connectivity index (χ1) is 7.99. The molecule has 17 heavy (non-hydrogen) atoms. The van der Waals surface area contributed by atoms with Gasteiger partial charge >= 0.3 is 0 Å². The molecule has 2 saturated carbocycles. The summed E-state index contributed by atoms with van der Waals surface area (Å²) in [7, 11) is 0. The molecule has 1 N–H and O–H groups in total. The van der Waals surface area contributed by atoms with E-state index in [0.29, 0.717) is 12.8 Å². The zero-order valence-electron chi connectivity index (χ0n) is 10.1. The number of hydrogen-bond donors (Lipinski definition) is 1. The van der Waals surface area contributed by atoms with Crippen molar-refractivity contribution in [2.45, 2.75) is 57.1 Å². The van der Waals surface area contributed by atoms with E-state index in [1.54, 1.807) is 0 Å². The van der Waals surface area contributed by atoms with E-state index in [4.69, 9.17) is 0 Å². The minimum atomic E-state index is -1.41. The minimum Gasteiger partial charge on any atom is -0.392 e. The first kappa shape index (κ1) is 12.5. The SMILES string of the molecule is C[C@H]1C[C@@]2([N+](=O)[O-])CCCCC[C@H](C2=O)[C@@H]1O. The van der Waals surface area contributed by atoms with Gasteiger partial charge in [-0.25, -0.2) is 0 Å². The van der Waals surface area contributed by atoms with Crippen LogP contribution in [0, 0.1) is 22.0 Å². The molecule has 0 radical (unpaired) electrons. The van der Waals surface area contributed by atoms with Gasteiger partial charge in [-0.15, -0.1) is 0 Å². The van der Waals surface area contributed by atoms with Crippen LogP contribution in [0.2, 0.25) is 0 Å². The van der Waals surface area contributed by atoms with Crippen LogP contribution >= 0.6 is 0 Å².